The molecule has 1 aliphatic rings. The summed E-state index contributed by atoms with van der Waals surface area (Å²) in [6.45, 7) is 7.00. The van der Waals surface area contributed by atoms with Gasteiger partial charge in [0.25, 0.3) is 0 Å². The molecule has 1 unspecified atom stereocenters. The number of aryl methyl sites for hydroxylation is 1. The van der Waals surface area contributed by atoms with Gasteiger partial charge in [-0.2, -0.15) is 0 Å². The van der Waals surface area contributed by atoms with Gasteiger partial charge in [-0.3, -0.25) is 0 Å². The molecule has 0 bridgehead atoms. The maximum absolute atomic E-state index is 5.81. The number of morpholine rings is 1. The lowest BCUT2D eigenvalue weighted by atomic mass is 10.0. The van der Waals surface area contributed by atoms with Crippen LogP contribution in [0.5, 0.6) is 0 Å². The molecule has 0 radical (unpaired) electrons. The molecule has 2 nitrogen and oxygen atoms in total. The van der Waals surface area contributed by atoms with Crippen molar-refractivity contribution in [3.8, 4) is 0 Å². The molecule has 1 atom stereocenters. The van der Waals surface area contributed by atoms with Gasteiger partial charge in [-0.05, 0) is 26.0 Å². The molecule has 13 heavy (non-hydrogen) atoms. The number of rotatable bonds is 1. The van der Waals surface area contributed by atoms with E-state index in [4.69, 9.17) is 4.74 Å². The van der Waals surface area contributed by atoms with Crippen molar-refractivity contribution in [2.24, 2.45) is 0 Å². The van der Waals surface area contributed by atoms with Gasteiger partial charge in [0.15, 0.2) is 0 Å². The van der Waals surface area contributed by atoms with Crippen LogP contribution in [0.15, 0.2) is 12.1 Å². The molecule has 0 spiro atoms. The van der Waals surface area contributed by atoms with E-state index in [1.54, 1.807) is 0 Å². The smallest absolute Gasteiger partial charge is 0.112 e. The highest BCUT2D eigenvalue weighted by atomic mass is 32.1. The molecular weight excluding hydrogens is 182 g/mol. The van der Waals surface area contributed by atoms with Crippen LogP contribution in [0.4, 0.5) is 0 Å². The molecular formula is C10H15NOS. The monoisotopic (exact) mass is 197 g/mol. The van der Waals surface area contributed by atoms with Crippen molar-refractivity contribution < 1.29 is 4.74 Å². The van der Waals surface area contributed by atoms with Gasteiger partial charge >= 0.3 is 0 Å². The van der Waals surface area contributed by atoms with E-state index < -0.39 is 0 Å². The van der Waals surface area contributed by atoms with Crippen molar-refractivity contribution in [3.05, 3.63) is 21.9 Å². The van der Waals surface area contributed by atoms with Gasteiger partial charge in [-0.15, -0.1) is 11.3 Å². The number of nitrogens with one attached hydrogen (secondary N) is 1. The highest BCUT2D eigenvalue weighted by Crippen LogP contribution is 2.31. The SMILES string of the molecule is Cc1ccc(C2(C)CNCCO2)s1. The highest BCUT2D eigenvalue weighted by Gasteiger charge is 2.30. The lowest BCUT2D eigenvalue weighted by molar-refractivity contribution is -0.0546. The second kappa shape index (κ2) is 3.40. The fourth-order valence-corrected chi connectivity index (χ4v) is 2.57. The van der Waals surface area contributed by atoms with Gasteiger partial charge < -0.3 is 10.1 Å². The van der Waals surface area contributed by atoms with E-state index in [2.05, 4.69) is 31.3 Å². The summed E-state index contributed by atoms with van der Waals surface area (Å²) in [4.78, 5) is 2.68. The molecule has 0 amide bonds. The number of ether oxygens (including phenoxy) is 1. The summed E-state index contributed by atoms with van der Waals surface area (Å²) in [6, 6.07) is 4.33. The Labute approximate surface area is 82.9 Å². The summed E-state index contributed by atoms with van der Waals surface area (Å²) < 4.78 is 5.81. The zero-order chi connectivity index (χ0) is 9.31. The topological polar surface area (TPSA) is 21.3 Å². The van der Waals surface area contributed by atoms with Crippen LogP contribution in [0.25, 0.3) is 0 Å². The molecule has 1 N–H and O–H groups in total. The van der Waals surface area contributed by atoms with E-state index in [1.807, 2.05) is 11.3 Å². The third-order valence-corrected chi connectivity index (χ3v) is 3.67. The first-order chi connectivity index (χ1) is 6.21. The number of thiophene rings is 1. The highest BCUT2D eigenvalue weighted by molar-refractivity contribution is 7.12. The first-order valence-electron chi connectivity index (χ1n) is 4.62. The molecule has 1 aromatic rings. The Morgan fingerprint density at radius 1 is 1.54 bits per heavy atom. The van der Waals surface area contributed by atoms with Gasteiger partial charge in [0, 0.05) is 22.8 Å². The third kappa shape index (κ3) is 1.77. The summed E-state index contributed by atoms with van der Waals surface area (Å²) in [5.41, 5.74) is -0.100. The standard InChI is InChI=1S/C10H15NOS/c1-8-3-4-9(13-8)10(2)7-11-5-6-12-10/h3-4,11H,5-7H2,1-2H3. The Hall–Kier alpha value is -0.380. The predicted molar refractivity (Wildman–Crippen MR) is 55.2 cm³/mol. The van der Waals surface area contributed by atoms with Crippen LogP contribution >= 0.6 is 11.3 Å². The van der Waals surface area contributed by atoms with Crippen molar-refractivity contribution in [2.75, 3.05) is 19.7 Å². The first kappa shape index (κ1) is 9.19. The summed E-state index contributed by atoms with van der Waals surface area (Å²) in [6.07, 6.45) is 0. The van der Waals surface area contributed by atoms with Crippen LogP contribution in [0.2, 0.25) is 0 Å². The largest absolute Gasteiger partial charge is 0.367 e. The molecule has 1 aliphatic heterocycles. The molecule has 1 aromatic heterocycles. The van der Waals surface area contributed by atoms with Crippen molar-refractivity contribution in [1.29, 1.82) is 0 Å². The summed E-state index contributed by atoms with van der Waals surface area (Å²) in [5.74, 6) is 0. The quantitative estimate of drug-likeness (QED) is 0.742. The average Bonchev–Trinajstić information content (AvgIpc) is 2.54. The first-order valence-corrected chi connectivity index (χ1v) is 5.44. The van der Waals surface area contributed by atoms with Crippen molar-refractivity contribution in [3.63, 3.8) is 0 Å². The number of hydrogen-bond acceptors (Lipinski definition) is 3. The molecule has 2 rings (SSSR count). The maximum atomic E-state index is 5.81. The Balaban J connectivity index is 2.22. The normalized spacial score (nSPS) is 29.1. The van der Waals surface area contributed by atoms with E-state index in [0.717, 1.165) is 19.7 Å². The van der Waals surface area contributed by atoms with E-state index in [9.17, 15) is 0 Å². The number of hydrogen-bond donors (Lipinski definition) is 1. The van der Waals surface area contributed by atoms with E-state index >= 15 is 0 Å². The predicted octanol–water partition coefficient (Wildman–Crippen LogP) is 1.89. The Morgan fingerprint density at radius 3 is 2.92 bits per heavy atom. The van der Waals surface area contributed by atoms with Crippen LogP contribution in [0, 0.1) is 6.92 Å². The lowest BCUT2D eigenvalue weighted by Gasteiger charge is -2.33. The van der Waals surface area contributed by atoms with Gasteiger partial charge in [0.1, 0.15) is 5.60 Å². The third-order valence-electron chi connectivity index (χ3n) is 2.42. The Bertz CT molecular complexity index is 289. The maximum Gasteiger partial charge on any atom is 0.112 e. The summed E-state index contributed by atoms with van der Waals surface area (Å²) >= 11 is 1.83. The second-order valence-electron chi connectivity index (χ2n) is 3.67. The van der Waals surface area contributed by atoms with Crippen LogP contribution in [-0.4, -0.2) is 19.7 Å². The molecule has 0 saturated carbocycles. The van der Waals surface area contributed by atoms with E-state index in [-0.39, 0.29) is 5.60 Å². The van der Waals surface area contributed by atoms with E-state index in [0.29, 0.717) is 0 Å². The minimum Gasteiger partial charge on any atom is -0.367 e. The van der Waals surface area contributed by atoms with Gasteiger partial charge in [-0.1, -0.05) is 0 Å². The molecule has 0 aromatic carbocycles. The minimum atomic E-state index is -0.100. The zero-order valence-electron chi connectivity index (χ0n) is 8.09. The van der Waals surface area contributed by atoms with Gasteiger partial charge in [0.05, 0.1) is 6.61 Å². The van der Waals surface area contributed by atoms with Gasteiger partial charge in [-0.25, -0.2) is 0 Å². The molecule has 2 heterocycles. The average molecular weight is 197 g/mol. The zero-order valence-corrected chi connectivity index (χ0v) is 8.91. The van der Waals surface area contributed by atoms with Crippen LogP contribution in [0.3, 0.4) is 0 Å². The van der Waals surface area contributed by atoms with Crippen molar-refractivity contribution in [2.45, 2.75) is 19.4 Å². The molecule has 72 valence electrons. The van der Waals surface area contributed by atoms with Crippen molar-refractivity contribution in [1.82, 2.24) is 5.32 Å². The van der Waals surface area contributed by atoms with Crippen LogP contribution in [0.1, 0.15) is 16.7 Å². The molecule has 0 aliphatic carbocycles. The Morgan fingerprint density at radius 2 is 2.38 bits per heavy atom. The molecule has 1 saturated heterocycles. The van der Waals surface area contributed by atoms with Crippen LogP contribution in [-0.2, 0) is 10.3 Å². The fourth-order valence-electron chi connectivity index (χ4n) is 1.60. The fraction of sp³-hybridized carbons (Fsp3) is 0.600. The van der Waals surface area contributed by atoms with Crippen LogP contribution < -0.4 is 5.32 Å². The molecule has 1 fully saturated rings. The lowest BCUT2D eigenvalue weighted by Crippen LogP contribution is -2.44. The minimum absolute atomic E-state index is 0.100. The molecule has 3 heteroatoms. The van der Waals surface area contributed by atoms with E-state index in [1.165, 1.54) is 9.75 Å². The summed E-state index contributed by atoms with van der Waals surface area (Å²) in [7, 11) is 0. The second-order valence-corrected chi connectivity index (χ2v) is 4.95. The summed E-state index contributed by atoms with van der Waals surface area (Å²) in [5, 5.41) is 3.36. The van der Waals surface area contributed by atoms with Gasteiger partial charge in [0.2, 0.25) is 0 Å². The van der Waals surface area contributed by atoms with Crippen molar-refractivity contribution >= 4 is 11.3 Å². The Kier molecular flexibility index (Phi) is 2.41.